The van der Waals surface area contributed by atoms with Crippen LogP contribution in [0, 0.1) is 13.8 Å². The normalized spacial score (nSPS) is 16.6. The summed E-state index contributed by atoms with van der Waals surface area (Å²) in [5.74, 6) is -0.0925. The number of amides is 2. The molecular formula is C40H36N4O2. The van der Waals surface area contributed by atoms with Crippen molar-refractivity contribution in [2.75, 3.05) is 13.1 Å². The molecular weight excluding hydrogens is 568 g/mol. The molecule has 1 aliphatic rings. The number of benzene rings is 4. The average Bonchev–Trinajstić information content (AvgIpc) is 3.07. The Kier molecular flexibility index (Phi) is 7.57. The summed E-state index contributed by atoms with van der Waals surface area (Å²) in [7, 11) is 0. The third-order valence-electron chi connectivity index (χ3n) is 9.03. The number of rotatable bonds is 4. The van der Waals surface area contributed by atoms with E-state index in [2.05, 4.69) is 38.1 Å². The van der Waals surface area contributed by atoms with E-state index in [9.17, 15) is 9.59 Å². The zero-order valence-electron chi connectivity index (χ0n) is 26.6. The van der Waals surface area contributed by atoms with E-state index < -0.39 is 0 Å². The van der Waals surface area contributed by atoms with Crippen molar-refractivity contribution in [1.82, 2.24) is 19.8 Å². The number of piperazine rings is 1. The molecule has 6 nitrogen and oxygen atoms in total. The van der Waals surface area contributed by atoms with Gasteiger partial charge in [-0.3, -0.25) is 9.59 Å². The molecule has 7 rings (SSSR count). The van der Waals surface area contributed by atoms with Gasteiger partial charge in [-0.25, -0.2) is 9.97 Å². The number of carbonyl (C=O) groups is 2. The lowest BCUT2D eigenvalue weighted by molar-refractivity contribution is 0.0272. The first-order valence-electron chi connectivity index (χ1n) is 15.8. The van der Waals surface area contributed by atoms with Gasteiger partial charge in [-0.1, -0.05) is 83.9 Å². The lowest BCUT2D eigenvalue weighted by Crippen LogP contribution is -2.59. The quantitative estimate of drug-likeness (QED) is 0.204. The van der Waals surface area contributed by atoms with Gasteiger partial charge in [-0.05, 0) is 64.1 Å². The van der Waals surface area contributed by atoms with E-state index in [1.807, 2.05) is 109 Å². The lowest BCUT2D eigenvalue weighted by Gasteiger charge is -2.44. The molecule has 0 aliphatic carbocycles. The van der Waals surface area contributed by atoms with E-state index in [0.717, 1.165) is 55.4 Å². The van der Waals surface area contributed by atoms with E-state index >= 15 is 0 Å². The Hall–Kier alpha value is -5.36. The predicted octanol–water partition coefficient (Wildman–Crippen LogP) is 8.11. The number of aryl methyl sites for hydroxylation is 2. The molecule has 46 heavy (non-hydrogen) atoms. The van der Waals surface area contributed by atoms with Crippen molar-refractivity contribution >= 4 is 33.6 Å². The number of aromatic nitrogens is 2. The molecule has 0 N–H and O–H groups in total. The minimum atomic E-state index is -0.189. The van der Waals surface area contributed by atoms with Crippen molar-refractivity contribution in [3.05, 3.63) is 131 Å². The van der Waals surface area contributed by atoms with Crippen LogP contribution in [0.15, 0.2) is 109 Å². The number of para-hydroxylation sites is 2. The summed E-state index contributed by atoms with van der Waals surface area (Å²) in [5.41, 5.74) is 8.60. The number of nitrogens with zero attached hydrogens (tertiary/aromatic N) is 4. The summed E-state index contributed by atoms with van der Waals surface area (Å²) < 4.78 is 0. The van der Waals surface area contributed by atoms with Gasteiger partial charge in [0.25, 0.3) is 11.8 Å². The van der Waals surface area contributed by atoms with Gasteiger partial charge in [0.15, 0.2) is 0 Å². The second-order valence-electron chi connectivity index (χ2n) is 12.5. The lowest BCUT2D eigenvalue weighted by atomic mass is 9.99. The first kappa shape index (κ1) is 29.4. The van der Waals surface area contributed by atoms with Crippen molar-refractivity contribution in [3.8, 4) is 22.5 Å². The van der Waals surface area contributed by atoms with Gasteiger partial charge < -0.3 is 9.80 Å². The van der Waals surface area contributed by atoms with E-state index in [1.54, 1.807) is 0 Å². The average molecular weight is 605 g/mol. The standard InChI is InChI=1S/C40H36N4O2/c1-25-11-9-13-29(19-25)37-21-33(31-15-5-7-17-35(31)41-37)39(45)43-23-28(4)44(24-27(43)3)40(46)34-22-38(30-14-10-12-26(2)20-30)42-36-18-8-6-16-32(34)36/h5-22,27-28H,23-24H2,1-4H3/t27-,28-/m1/s1. The highest BCUT2D eigenvalue weighted by atomic mass is 16.2. The number of hydrogen-bond acceptors (Lipinski definition) is 4. The summed E-state index contributed by atoms with van der Waals surface area (Å²) >= 11 is 0. The van der Waals surface area contributed by atoms with Crippen LogP contribution >= 0.6 is 0 Å². The van der Waals surface area contributed by atoms with Crippen LogP contribution < -0.4 is 0 Å². The SMILES string of the molecule is Cc1cccc(-c2cc(C(=O)N3C[C@@H](C)N(C(=O)c4cc(-c5cccc(C)c5)nc5ccccc45)C[C@H]3C)c3ccccc3n2)c1. The minimum absolute atomic E-state index is 0.0463. The smallest absolute Gasteiger partial charge is 0.254 e. The third kappa shape index (κ3) is 5.40. The molecule has 0 bridgehead atoms. The molecule has 1 aliphatic heterocycles. The summed E-state index contributed by atoms with van der Waals surface area (Å²) in [5, 5.41) is 1.66. The van der Waals surface area contributed by atoms with Crippen LogP contribution in [0.25, 0.3) is 44.3 Å². The molecule has 0 radical (unpaired) electrons. The molecule has 2 aromatic heterocycles. The summed E-state index contributed by atoms with van der Waals surface area (Å²) in [4.78, 5) is 42.4. The van der Waals surface area contributed by atoms with Crippen molar-refractivity contribution in [1.29, 1.82) is 0 Å². The van der Waals surface area contributed by atoms with Gasteiger partial charge in [0.05, 0.1) is 33.5 Å². The Morgan fingerprint density at radius 3 is 1.39 bits per heavy atom. The largest absolute Gasteiger partial charge is 0.332 e. The van der Waals surface area contributed by atoms with Gasteiger partial charge in [-0.15, -0.1) is 0 Å². The number of fused-ring (bicyclic) bond motifs is 2. The highest BCUT2D eigenvalue weighted by Crippen LogP contribution is 2.31. The van der Waals surface area contributed by atoms with Gasteiger partial charge in [0, 0.05) is 47.1 Å². The fourth-order valence-corrected chi connectivity index (χ4v) is 6.61. The first-order chi connectivity index (χ1) is 22.3. The minimum Gasteiger partial charge on any atom is -0.332 e. The topological polar surface area (TPSA) is 66.4 Å². The van der Waals surface area contributed by atoms with Crippen LogP contribution in [0.5, 0.6) is 0 Å². The molecule has 0 saturated carbocycles. The van der Waals surface area contributed by atoms with E-state index in [1.165, 1.54) is 0 Å². The van der Waals surface area contributed by atoms with Gasteiger partial charge in [0.1, 0.15) is 0 Å². The molecule has 3 heterocycles. The molecule has 4 aromatic carbocycles. The van der Waals surface area contributed by atoms with E-state index in [-0.39, 0.29) is 23.9 Å². The van der Waals surface area contributed by atoms with E-state index in [0.29, 0.717) is 24.2 Å². The van der Waals surface area contributed by atoms with Crippen molar-refractivity contribution < 1.29 is 9.59 Å². The van der Waals surface area contributed by atoms with E-state index in [4.69, 9.17) is 9.97 Å². The monoisotopic (exact) mass is 604 g/mol. The zero-order valence-corrected chi connectivity index (χ0v) is 26.6. The Morgan fingerprint density at radius 1 is 0.565 bits per heavy atom. The van der Waals surface area contributed by atoms with Crippen LogP contribution in [0.1, 0.15) is 45.7 Å². The Balaban J connectivity index is 1.21. The second-order valence-corrected chi connectivity index (χ2v) is 12.5. The van der Waals surface area contributed by atoms with Crippen LogP contribution in [-0.4, -0.2) is 56.8 Å². The fourth-order valence-electron chi connectivity index (χ4n) is 6.61. The molecule has 2 atom stereocenters. The second kappa shape index (κ2) is 11.9. The number of hydrogen-bond donors (Lipinski definition) is 0. The molecule has 1 saturated heterocycles. The Bertz CT molecular complexity index is 1990. The van der Waals surface area contributed by atoms with Crippen LogP contribution in [0.2, 0.25) is 0 Å². The van der Waals surface area contributed by atoms with Crippen molar-refractivity contribution in [2.24, 2.45) is 0 Å². The van der Waals surface area contributed by atoms with Crippen molar-refractivity contribution in [3.63, 3.8) is 0 Å². The molecule has 228 valence electrons. The molecule has 6 aromatic rings. The summed E-state index contributed by atoms with van der Waals surface area (Å²) in [6.45, 7) is 9.01. The molecule has 0 spiro atoms. The summed E-state index contributed by atoms with van der Waals surface area (Å²) in [6, 6.07) is 35.5. The van der Waals surface area contributed by atoms with Crippen LogP contribution in [-0.2, 0) is 0 Å². The maximum absolute atomic E-state index is 14.4. The van der Waals surface area contributed by atoms with Gasteiger partial charge in [0.2, 0.25) is 0 Å². The van der Waals surface area contributed by atoms with Crippen molar-refractivity contribution in [2.45, 2.75) is 39.8 Å². The predicted molar refractivity (Wildman–Crippen MR) is 185 cm³/mol. The third-order valence-corrected chi connectivity index (χ3v) is 9.03. The number of carbonyl (C=O) groups excluding carboxylic acids is 2. The maximum atomic E-state index is 14.4. The zero-order chi connectivity index (χ0) is 31.9. The van der Waals surface area contributed by atoms with Crippen LogP contribution in [0.3, 0.4) is 0 Å². The van der Waals surface area contributed by atoms with Crippen LogP contribution in [0.4, 0.5) is 0 Å². The maximum Gasteiger partial charge on any atom is 0.254 e. The fraction of sp³-hybridized carbons (Fsp3) is 0.200. The highest BCUT2D eigenvalue weighted by Gasteiger charge is 2.36. The highest BCUT2D eigenvalue weighted by molar-refractivity contribution is 6.09. The number of pyridine rings is 2. The van der Waals surface area contributed by atoms with Gasteiger partial charge in [-0.2, -0.15) is 0 Å². The molecule has 6 heteroatoms. The molecule has 0 unspecified atom stereocenters. The first-order valence-corrected chi connectivity index (χ1v) is 15.8. The summed E-state index contributed by atoms with van der Waals surface area (Å²) in [6.07, 6.45) is 0. The molecule has 2 amide bonds. The Labute approximate surface area is 269 Å². The molecule has 1 fully saturated rings. The van der Waals surface area contributed by atoms with Gasteiger partial charge >= 0.3 is 0 Å². The Morgan fingerprint density at radius 2 is 0.978 bits per heavy atom.